The summed E-state index contributed by atoms with van der Waals surface area (Å²) in [6.07, 6.45) is -7.22. The predicted octanol–water partition coefficient (Wildman–Crippen LogP) is 5.07. The first-order valence-electron chi connectivity index (χ1n) is 11.1. The molecule has 16 heteroatoms. The van der Waals surface area contributed by atoms with Gasteiger partial charge in [0.2, 0.25) is 12.0 Å². The van der Waals surface area contributed by atoms with Crippen LogP contribution in [0.1, 0.15) is 34.8 Å². The number of alkyl halides is 3. The molecular weight excluding hydrogens is 617 g/mol. The van der Waals surface area contributed by atoms with Gasteiger partial charge in [-0.25, -0.2) is 18.6 Å². The maximum absolute atomic E-state index is 14.8. The Hall–Kier alpha value is -4.21. The van der Waals surface area contributed by atoms with Crippen molar-refractivity contribution in [2.45, 2.75) is 19.2 Å². The van der Waals surface area contributed by atoms with E-state index in [2.05, 4.69) is 26.2 Å². The molecule has 0 bridgehead atoms. The van der Waals surface area contributed by atoms with Gasteiger partial charge in [0.25, 0.3) is 5.91 Å². The third kappa shape index (κ3) is 7.25. The standard InChI is InChI=1S/C24H19BrF5N3O7/c1-10(22(35)36)8-32-23(37)38-9-15(39-14-7-6-13(26)16(17(14)27)20(31)34)21-33-18(19(25)40-21)11-2-4-12(5-3-11)24(28,29)30/h2-7,10,15H,8-9H2,1H3,(H2,31,34)(H,32,37)(H,35,36). The average Bonchev–Trinajstić information content (AvgIpc) is 3.26. The number of carboxylic acids is 1. The van der Waals surface area contributed by atoms with Crippen LogP contribution in [-0.2, 0) is 15.7 Å². The molecule has 0 saturated heterocycles. The third-order valence-corrected chi connectivity index (χ3v) is 5.81. The highest BCUT2D eigenvalue weighted by atomic mass is 79.9. The molecule has 0 aliphatic carbocycles. The molecule has 0 aliphatic heterocycles. The minimum absolute atomic E-state index is 0.00876. The van der Waals surface area contributed by atoms with E-state index in [4.69, 9.17) is 24.7 Å². The highest BCUT2D eigenvalue weighted by Gasteiger charge is 2.31. The van der Waals surface area contributed by atoms with Crippen LogP contribution >= 0.6 is 15.9 Å². The van der Waals surface area contributed by atoms with Gasteiger partial charge in [-0.3, -0.25) is 9.59 Å². The quantitative estimate of drug-likeness (QED) is 0.261. The van der Waals surface area contributed by atoms with Crippen LogP contribution in [0.5, 0.6) is 5.75 Å². The molecule has 0 aliphatic rings. The number of hydrogen-bond donors (Lipinski definition) is 3. The lowest BCUT2D eigenvalue weighted by Gasteiger charge is -2.18. The van der Waals surface area contributed by atoms with Crippen LogP contribution in [0.3, 0.4) is 0 Å². The van der Waals surface area contributed by atoms with Crippen LogP contribution in [0.2, 0.25) is 0 Å². The summed E-state index contributed by atoms with van der Waals surface area (Å²) in [4.78, 5) is 38.7. The number of alkyl carbamates (subject to hydrolysis) is 1. The zero-order valence-corrected chi connectivity index (χ0v) is 21.8. The van der Waals surface area contributed by atoms with Gasteiger partial charge in [-0.05, 0) is 40.2 Å². The Bertz CT molecular complexity index is 1410. The molecule has 0 fully saturated rings. The fraction of sp³-hybridized carbons (Fsp3) is 0.250. The Balaban J connectivity index is 1.92. The van der Waals surface area contributed by atoms with E-state index >= 15 is 0 Å². The SMILES string of the molecule is CC(CNC(=O)OCC(Oc1ccc(F)c(C(N)=O)c1F)c1nc(-c2ccc(C(F)(F)F)cc2)c(Br)o1)C(=O)O. The number of aliphatic carboxylic acids is 1. The number of benzene rings is 2. The molecular formula is C24H19BrF5N3O7. The summed E-state index contributed by atoms with van der Waals surface area (Å²) < 4.78 is 83.4. The number of nitrogens with zero attached hydrogens (tertiary/aromatic N) is 1. The molecule has 0 saturated carbocycles. The summed E-state index contributed by atoms with van der Waals surface area (Å²) in [6, 6.07) is 5.40. The molecule has 214 valence electrons. The van der Waals surface area contributed by atoms with E-state index in [1.54, 1.807) is 0 Å². The number of carbonyl (C=O) groups excluding carboxylic acids is 2. The van der Waals surface area contributed by atoms with Crippen molar-refractivity contribution in [1.82, 2.24) is 10.3 Å². The third-order valence-electron chi connectivity index (χ3n) is 5.27. The molecule has 2 unspecified atom stereocenters. The largest absolute Gasteiger partial charge is 0.481 e. The zero-order valence-electron chi connectivity index (χ0n) is 20.2. The Morgan fingerprint density at radius 3 is 2.38 bits per heavy atom. The number of nitrogens with two attached hydrogens (primary N) is 1. The number of amides is 2. The van der Waals surface area contributed by atoms with Crippen LogP contribution in [0.15, 0.2) is 45.5 Å². The topological polar surface area (TPSA) is 154 Å². The first kappa shape index (κ1) is 30.3. The lowest BCUT2D eigenvalue weighted by molar-refractivity contribution is -0.141. The molecule has 0 spiro atoms. The molecule has 10 nitrogen and oxygen atoms in total. The highest BCUT2D eigenvalue weighted by molar-refractivity contribution is 9.10. The van der Waals surface area contributed by atoms with Crippen molar-refractivity contribution < 1.29 is 55.3 Å². The van der Waals surface area contributed by atoms with Crippen molar-refractivity contribution >= 4 is 33.9 Å². The van der Waals surface area contributed by atoms with E-state index in [-0.39, 0.29) is 28.4 Å². The Morgan fingerprint density at radius 1 is 1.15 bits per heavy atom. The van der Waals surface area contributed by atoms with Gasteiger partial charge in [0.1, 0.15) is 23.7 Å². The number of halogens is 6. The summed E-state index contributed by atoms with van der Waals surface area (Å²) in [7, 11) is 0. The molecule has 40 heavy (non-hydrogen) atoms. The maximum atomic E-state index is 14.8. The molecule has 2 aromatic carbocycles. The molecule has 0 radical (unpaired) electrons. The van der Waals surface area contributed by atoms with E-state index in [0.29, 0.717) is 6.07 Å². The summed E-state index contributed by atoms with van der Waals surface area (Å²) in [5.74, 6) is -7.35. The minimum atomic E-state index is -4.58. The second-order valence-corrected chi connectivity index (χ2v) is 8.89. The van der Waals surface area contributed by atoms with Crippen LogP contribution in [0, 0.1) is 17.6 Å². The molecule has 3 rings (SSSR count). The van der Waals surface area contributed by atoms with Gasteiger partial charge in [0, 0.05) is 12.1 Å². The number of ether oxygens (including phenoxy) is 2. The van der Waals surface area contributed by atoms with Crippen molar-refractivity contribution in [3.63, 3.8) is 0 Å². The van der Waals surface area contributed by atoms with Crippen molar-refractivity contribution in [2.75, 3.05) is 13.2 Å². The molecule has 2 amide bonds. The first-order chi connectivity index (χ1) is 18.7. The van der Waals surface area contributed by atoms with Crippen molar-refractivity contribution in [3.8, 4) is 17.0 Å². The van der Waals surface area contributed by atoms with E-state index in [1.165, 1.54) is 6.92 Å². The highest BCUT2D eigenvalue weighted by Crippen LogP contribution is 2.36. The fourth-order valence-electron chi connectivity index (χ4n) is 3.14. The normalized spacial score (nSPS) is 12.9. The summed E-state index contributed by atoms with van der Waals surface area (Å²) in [5, 5.41) is 11.1. The number of carbonyl (C=O) groups is 3. The van der Waals surface area contributed by atoms with Gasteiger partial charge in [-0.2, -0.15) is 13.2 Å². The van der Waals surface area contributed by atoms with Gasteiger partial charge in [-0.1, -0.05) is 19.1 Å². The lowest BCUT2D eigenvalue weighted by atomic mass is 10.1. The van der Waals surface area contributed by atoms with Crippen molar-refractivity contribution in [3.05, 3.63) is 69.7 Å². The first-order valence-corrected chi connectivity index (χ1v) is 11.9. The predicted molar refractivity (Wildman–Crippen MR) is 129 cm³/mol. The van der Waals surface area contributed by atoms with Crippen molar-refractivity contribution in [1.29, 1.82) is 0 Å². The summed E-state index contributed by atoms with van der Waals surface area (Å²) in [6.45, 7) is 0.307. The van der Waals surface area contributed by atoms with E-state index in [1.807, 2.05) is 0 Å². The van der Waals surface area contributed by atoms with E-state index in [9.17, 15) is 36.3 Å². The van der Waals surface area contributed by atoms with E-state index in [0.717, 1.165) is 30.3 Å². The van der Waals surface area contributed by atoms with Crippen LogP contribution in [0.25, 0.3) is 11.3 Å². The maximum Gasteiger partial charge on any atom is 0.416 e. The van der Waals surface area contributed by atoms with Crippen LogP contribution in [-0.4, -0.2) is 41.2 Å². The Morgan fingerprint density at radius 2 is 1.80 bits per heavy atom. The molecule has 2 atom stereocenters. The van der Waals surface area contributed by atoms with Gasteiger partial charge >= 0.3 is 18.2 Å². The molecule has 1 heterocycles. The number of rotatable bonds is 10. The van der Waals surface area contributed by atoms with E-state index < -0.39 is 71.3 Å². The molecule has 1 aromatic heterocycles. The number of aromatic nitrogens is 1. The van der Waals surface area contributed by atoms with Gasteiger partial charge in [0.05, 0.1) is 11.5 Å². The van der Waals surface area contributed by atoms with Crippen molar-refractivity contribution in [2.24, 2.45) is 11.7 Å². The average molecular weight is 636 g/mol. The minimum Gasteiger partial charge on any atom is -0.481 e. The second kappa shape index (κ2) is 12.3. The fourth-order valence-corrected chi connectivity index (χ4v) is 3.62. The number of oxazole rings is 1. The second-order valence-electron chi connectivity index (χ2n) is 8.17. The smallest absolute Gasteiger partial charge is 0.416 e. The zero-order chi connectivity index (χ0) is 29.8. The monoisotopic (exact) mass is 635 g/mol. The number of primary amides is 1. The van der Waals surface area contributed by atoms with Gasteiger partial charge < -0.3 is 30.0 Å². The van der Waals surface area contributed by atoms with Crippen LogP contribution < -0.4 is 15.8 Å². The number of carboxylic acid groups (broad SMARTS) is 1. The Kier molecular flexibility index (Phi) is 9.34. The molecule has 4 N–H and O–H groups in total. The lowest BCUT2D eigenvalue weighted by Crippen LogP contribution is -2.33. The van der Waals surface area contributed by atoms with Gasteiger partial charge in [0.15, 0.2) is 16.2 Å². The summed E-state index contributed by atoms with van der Waals surface area (Å²) >= 11 is 3.09. The number of hydrogen-bond acceptors (Lipinski definition) is 7. The van der Waals surface area contributed by atoms with Gasteiger partial charge in [-0.15, -0.1) is 0 Å². The Labute approximate surface area is 230 Å². The number of nitrogens with one attached hydrogen (secondary N) is 1. The summed E-state index contributed by atoms with van der Waals surface area (Å²) in [5.41, 5.74) is 3.20. The van der Waals surface area contributed by atoms with Crippen LogP contribution in [0.4, 0.5) is 26.7 Å². The molecule has 3 aromatic rings.